The van der Waals surface area contributed by atoms with Crippen molar-refractivity contribution in [2.24, 2.45) is 5.10 Å². The van der Waals surface area contributed by atoms with E-state index in [1.54, 1.807) is 7.11 Å². The van der Waals surface area contributed by atoms with E-state index in [1.807, 2.05) is 24.3 Å². The first kappa shape index (κ1) is 16.2. The Kier molecular flexibility index (Phi) is 4.64. The molecule has 24 heavy (non-hydrogen) atoms. The van der Waals surface area contributed by atoms with Crippen molar-refractivity contribution in [3.05, 3.63) is 56.6 Å². The Hall–Kier alpha value is -2.64. The van der Waals surface area contributed by atoms with Crippen LogP contribution in [0.15, 0.2) is 40.4 Å². The zero-order chi connectivity index (χ0) is 17.1. The third-order valence-corrected chi connectivity index (χ3v) is 3.86. The van der Waals surface area contributed by atoms with Gasteiger partial charge in [-0.15, -0.1) is 0 Å². The van der Waals surface area contributed by atoms with Crippen molar-refractivity contribution in [1.29, 1.82) is 0 Å². The third kappa shape index (κ3) is 3.32. The summed E-state index contributed by atoms with van der Waals surface area (Å²) >= 11 is 12.0. The number of pyridine rings is 1. The summed E-state index contributed by atoms with van der Waals surface area (Å²) in [5, 5.41) is 11.0. The minimum absolute atomic E-state index is 0.0328. The van der Waals surface area contributed by atoms with E-state index in [9.17, 15) is 4.79 Å². The molecule has 0 radical (unpaired) electrons. The Labute approximate surface area is 146 Å². The van der Waals surface area contributed by atoms with E-state index in [0.717, 1.165) is 10.9 Å². The lowest BCUT2D eigenvalue weighted by Crippen LogP contribution is -2.10. The molecule has 9 heteroatoms. The topological polar surface area (TPSA) is 92.3 Å². The van der Waals surface area contributed by atoms with Crippen molar-refractivity contribution >= 4 is 46.0 Å². The number of hydrogen-bond acceptors (Lipinski definition) is 6. The molecule has 0 aliphatic heterocycles. The maximum atomic E-state index is 11.3. The number of aromatic nitrogens is 3. The average Bonchev–Trinajstić information content (AvgIpc) is 2.58. The van der Waals surface area contributed by atoms with Gasteiger partial charge < -0.3 is 4.74 Å². The van der Waals surface area contributed by atoms with Crippen LogP contribution in [0.4, 0.5) is 5.69 Å². The number of nitrogens with one attached hydrogen (secondary N) is 2. The summed E-state index contributed by atoms with van der Waals surface area (Å²) in [6.45, 7) is 0. The fraction of sp³-hybridized carbons (Fsp3) is 0.0667. The first-order chi connectivity index (χ1) is 11.6. The van der Waals surface area contributed by atoms with E-state index < -0.39 is 5.56 Å². The SMILES string of the molecule is COc1ccc2nc(Cl)c(/C=N\Nc3cn[nH]c(=O)c3Cl)cc2c1. The number of methoxy groups -OCH3 is 1. The van der Waals surface area contributed by atoms with Crippen LogP contribution in [0.3, 0.4) is 0 Å². The van der Waals surface area contributed by atoms with Gasteiger partial charge in [-0.05, 0) is 24.3 Å². The maximum Gasteiger partial charge on any atom is 0.285 e. The highest BCUT2D eigenvalue weighted by atomic mass is 35.5. The Balaban J connectivity index is 1.90. The van der Waals surface area contributed by atoms with Gasteiger partial charge in [-0.2, -0.15) is 10.2 Å². The fourth-order valence-corrected chi connectivity index (χ4v) is 2.33. The highest BCUT2D eigenvalue weighted by Crippen LogP contribution is 2.23. The van der Waals surface area contributed by atoms with E-state index in [1.165, 1.54) is 12.4 Å². The molecule has 0 unspecified atom stereocenters. The van der Waals surface area contributed by atoms with Gasteiger partial charge in [0.05, 0.1) is 25.0 Å². The van der Waals surface area contributed by atoms with Crippen LogP contribution < -0.4 is 15.7 Å². The Bertz CT molecular complexity index is 987. The van der Waals surface area contributed by atoms with Gasteiger partial charge in [0.25, 0.3) is 5.56 Å². The molecule has 7 nitrogen and oxygen atoms in total. The lowest BCUT2D eigenvalue weighted by molar-refractivity contribution is 0.415. The van der Waals surface area contributed by atoms with Gasteiger partial charge in [0.1, 0.15) is 21.6 Å². The molecule has 0 saturated heterocycles. The summed E-state index contributed by atoms with van der Waals surface area (Å²) in [4.78, 5) is 15.7. The molecular weight excluding hydrogens is 353 g/mol. The number of hydrogen-bond donors (Lipinski definition) is 2. The molecule has 2 heterocycles. The smallest absolute Gasteiger partial charge is 0.285 e. The van der Waals surface area contributed by atoms with Gasteiger partial charge in [-0.1, -0.05) is 23.2 Å². The number of rotatable bonds is 4. The van der Waals surface area contributed by atoms with Crippen LogP contribution >= 0.6 is 23.2 Å². The molecule has 122 valence electrons. The number of benzene rings is 1. The number of aromatic amines is 1. The van der Waals surface area contributed by atoms with E-state index in [-0.39, 0.29) is 10.7 Å². The molecular formula is C15H11Cl2N5O2. The van der Waals surface area contributed by atoms with Crippen molar-refractivity contribution < 1.29 is 4.74 Å². The van der Waals surface area contributed by atoms with Crippen molar-refractivity contribution in [2.75, 3.05) is 12.5 Å². The molecule has 0 bridgehead atoms. The third-order valence-electron chi connectivity index (χ3n) is 3.19. The van der Waals surface area contributed by atoms with Crippen LogP contribution in [0.2, 0.25) is 10.2 Å². The highest BCUT2D eigenvalue weighted by Gasteiger charge is 2.06. The van der Waals surface area contributed by atoms with Crippen LogP contribution in [0.25, 0.3) is 10.9 Å². The van der Waals surface area contributed by atoms with Crippen LogP contribution in [0, 0.1) is 0 Å². The zero-order valence-corrected chi connectivity index (χ0v) is 13.9. The largest absolute Gasteiger partial charge is 0.497 e. The fourth-order valence-electron chi connectivity index (χ4n) is 2.00. The van der Waals surface area contributed by atoms with Crippen molar-refractivity contribution in [2.45, 2.75) is 0 Å². The predicted octanol–water partition coefficient (Wildman–Crippen LogP) is 3.08. The molecule has 0 amide bonds. The van der Waals surface area contributed by atoms with Crippen molar-refractivity contribution in [3.8, 4) is 5.75 Å². The number of anilines is 1. The van der Waals surface area contributed by atoms with Crippen LogP contribution in [0.1, 0.15) is 5.56 Å². The Morgan fingerprint density at radius 2 is 2.17 bits per heavy atom. The standard InChI is InChI=1S/C15H11Cl2N5O2/c1-24-10-2-3-11-8(5-10)4-9(14(17)20-11)6-18-21-12-7-19-22-15(23)13(12)16/h2-7H,1H3,(H2,21,22,23)/b18-6-. The van der Waals surface area contributed by atoms with Crippen molar-refractivity contribution in [3.63, 3.8) is 0 Å². The summed E-state index contributed by atoms with van der Waals surface area (Å²) in [5.74, 6) is 0.717. The first-order valence-corrected chi connectivity index (χ1v) is 7.50. The quantitative estimate of drug-likeness (QED) is 0.422. The van der Waals surface area contributed by atoms with Crippen LogP contribution in [-0.2, 0) is 0 Å². The molecule has 2 N–H and O–H groups in total. The Morgan fingerprint density at radius 1 is 1.33 bits per heavy atom. The number of H-pyrrole nitrogens is 1. The molecule has 0 aliphatic carbocycles. The summed E-state index contributed by atoms with van der Waals surface area (Å²) in [6, 6.07) is 7.31. The monoisotopic (exact) mass is 363 g/mol. The maximum absolute atomic E-state index is 11.3. The molecule has 2 aromatic heterocycles. The molecule has 0 saturated carbocycles. The first-order valence-electron chi connectivity index (χ1n) is 6.75. The van der Waals surface area contributed by atoms with Gasteiger partial charge in [-0.3, -0.25) is 10.2 Å². The highest BCUT2D eigenvalue weighted by molar-refractivity contribution is 6.33. The minimum atomic E-state index is -0.505. The second kappa shape index (κ2) is 6.86. The number of fused-ring (bicyclic) bond motifs is 1. The van der Waals surface area contributed by atoms with E-state index >= 15 is 0 Å². The molecule has 0 spiro atoms. The predicted molar refractivity (Wildman–Crippen MR) is 94.4 cm³/mol. The Morgan fingerprint density at radius 3 is 2.96 bits per heavy atom. The van der Waals surface area contributed by atoms with Gasteiger partial charge >= 0.3 is 0 Å². The van der Waals surface area contributed by atoms with Gasteiger partial charge in [0, 0.05) is 10.9 Å². The molecule has 0 aliphatic rings. The van der Waals surface area contributed by atoms with Crippen LogP contribution in [0.5, 0.6) is 5.75 Å². The average molecular weight is 364 g/mol. The number of nitrogens with zero attached hydrogens (tertiary/aromatic N) is 3. The van der Waals surface area contributed by atoms with E-state index in [0.29, 0.717) is 16.5 Å². The van der Waals surface area contributed by atoms with Gasteiger partial charge in [-0.25, -0.2) is 10.1 Å². The molecule has 3 rings (SSSR count). The summed E-state index contributed by atoms with van der Waals surface area (Å²) < 4.78 is 5.19. The van der Waals surface area contributed by atoms with Gasteiger partial charge in [0.15, 0.2) is 0 Å². The van der Waals surface area contributed by atoms with Crippen LogP contribution in [-0.4, -0.2) is 28.5 Å². The zero-order valence-electron chi connectivity index (χ0n) is 12.4. The van der Waals surface area contributed by atoms with Gasteiger partial charge in [0.2, 0.25) is 0 Å². The lowest BCUT2D eigenvalue weighted by atomic mass is 10.1. The normalized spacial score (nSPS) is 11.1. The molecule has 0 atom stereocenters. The molecule has 0 fully saturated rings. The number of hydrazone groups is 1. The second-order valence-corrected chi connectivity index (χ2v) is 5.46. The number of halogens is 2. The van der Waals surface area contributed by atoms with Crippen molar-refractivity contribution in [1.82, 2.24) is 15.2 Å². The summed E-state index contributed by atoms with van der Waals surface area (Å²) in [6.07, 6.45) is 2.83. The minimum Gasteiger partial charge on any atom is -0.497 e. The number of ether oxygens (including phenoxy) is 1. The lowest BCUT2D eigenvalue weighted by Gasteiger charge is -2.05. The summed E-state index contributed by atoms with van der Waals surface area (Å²) in [5.41, 5.74) is 3.76. The molecule has 1 aromatic carbocycles. The second-order valence-electron chi connectivity index (χ2n) is 4.72. The molecule has 3 aromatic rings. The van der Waals surface area contributed by atoms with E-state index in [4.69, 9.17) is 27.9 Å². The summed E-state index contributed by atoms with van der Waals surface area (Å²) in [7, 11) is 1.59. The van der Waals surface area contributed by atoms with E-state index in [2.05, 4.69) is 25.7 Å².